The van der Waals surface area contributed by atoms with Crippen LogP contribution in [0.5, 0.6) is 0 Å². The van der Waals surface area contributed by atoms with Crippen LogP contribution >= 0.6 is 11.6 Å². The van der Waals surface area contributed by atoms with E-state index in [0.717, 1.165) is 11.1 Å². The summed E-state index contributed by atoms with van der Waals surface area (Å²) >= 11 is 5.52. The topological polar surface area (TPSA) is 72.0 Å². The monoisotopic (exact) mass is 297 g/mol. The molecule has 2 aromatic rings. The van der Waals surface area contributed by atoms with E-state index in [9.17, 15) is 8.42 Å². The maximum Gasteiger partial charge on any atom is 0.264 e. The van der Waals surface area contributed by atoms with Gasteiger partial charge in [0.15, 0.2) is 0 Å². The third-order valence-corrected chi connectivity index (χ3v) is 4.20. The van der Waals surface area contributed by atoms with Crippen LogP contribution in [0, 0.1) is 13.8 Å². The van der Waals surface area contributed by atoms with E-state index < -0.39 is 10.0 Å². The summed E-state index contributed by atoms with van der Waals surface area (Å²) in [4.78, 5) is 7.28. The van der Waals surface area contributed by atoms with Crippen molar-refractivity contribution in [3.05, 3.63) is 47.0 Å². The van der Waals surface area contributed by atoms with Gasteiger partial charge < -0.3 is 0 Å². The molecule has 0 fully saturated rings. The zero-order valence-corrected chi connectivity index (χ0v) is 12.0. The summed E-state index contributed by atoms with van der Waals surface area (Å²) in [5.74, 6) is 0. The summed E-state index contributed by atoms with van der Waals surface area (Å²) in [6, 6.07) is 5.33. The fourth-order valence-electron chi connectivity index (χ4n) is 1.46. The standard InChI is InChI=1S/C12H12ClN3O2S/c1-8-3-4-10(5-9(8)2)16-19(17,18)11-6-14-12(13)15-7-11/h3-7,16H,1-2H3. The number of halogens is 1. The maximum atomic E-state index is 12.1. The van der Waals surface area contributed by atoms with Crippen molar-refractivity contribution < 1.29 is 8.42 Å². The van der Waals surface area contributed by atoms with Crippen molar-refractivity contribution in [3.8, 4) is 0 Å². The van der Waals surface area contributed by atoms with Gasteiger partial charge in [-0.05, 0) is 48.7 Å². The van der Waals surface area contributed by atoms with Crippen molar-refractivity contribution in [1.29, 1.82) is 0 Å². The molecule has 0 aliphatic heterocycles. The first-order chi connectivity index (χ1) is 8.88. The fourth-order valence-corrected chi connectivity index (χ4v) is 2.49. The number of aromatic nitrogens is 2. The molecule has 0 aliphatic rings. The molecule has 0 bridgehead atoms. The van der Waals surface area contributed by atoms with Crippen LogP contribution in [-0.2, 0) is 10.0 Å². The minimum atomic E-state index is -3.69. The largest absolute Gasteiger partial charge is 0.280 e. The second kappa shape index (κ2) is 5.14. The fraction of sp³-hybridized carbons (Fsp3) is 0.167. The average Bonchev–Trinajstić information content (AvgIpc) is 2.34. The molecule has 0 saturated heterocycles. The molecule has 19 heavy (non-hydrogen) atoms. The summed E-state index contributed by atoms with van der Waals surface area (Å²) in [5, 5.41) is 0.00475. The van der Waals surface area contributed by atoms with Gasteiger partial charge in [0, 0.05) is 5.69 Å². The van der Waals surface area contributed by atoms with Gasteiger partial charge in [0.2, 0.25) is 5.28 Å². The summed E-state index contributed by atoms with van der Waals surface area (Å²) in [6.45, 7) is 3.87. The lowest BCUT2D eigenvalue weighted by Crippen LogP contribution is -2.13. The molecular weight excluding hydrogens is 286 g/mol. The van der Waals surface area contributed by atoms with E-state index in [-0.39, 0.29) is 10.2 Å². The molecule has 0 aliphatic carbocycles. The van der Waals surface area contributed by atoms with Gasteiger partial charge in [0.05, 0.1) is 12.4 Å². The van der Waals surface area contributed by atoms with Crippen molar-refractivity contribution in [2.24, 2.45) is 0 Å². The molecule has 0 amide bonds. The summed E-state index contributed by atoms with van der Waals surface area (Å²) in [7, 11) is -3.69. The maximum absolute atomic E-state index is 12.1. The van der Waals surface area contributed by atoms with Gasteiger partial charge in [-0.2, -0.15) is 0 Å². The Hall–Kier alpha value is -1.66. The molecule has 2 rings (SSSR count). The number of hydrogen-bond acceptors (Lipinski definition) is 4. The zero-order chi connectivity index (χ0) is 14.0. The minimum Gasteiger partial charge on any atom is -0.280 e. The molecule has 1 aromatic heterocycles. The summed E-state index contributed by atoms with van der Waals surface area (Å²) < 4.78 is 26.6. The molecule has 0 unspecified atom stereocenters. The van der Waals surface area contributed by atoms with Crippen LogP contribution in [0.25, 0.3) is 0 Å². The third kappa shape index (κ3) is 3.21. The first-order valence-corrected chi connectivity index (χ1v) is 7.32. The van der Waals surface area contributed by atoms with Crippen molar-refractivity contribution in [3.63, 3.8) is 0 Å². The van der Waals surface area contributed by atoms with Crippen LogP contribution in [0.2, 0.25) is 5.28 Å². The highest BCUT2D eigenvalue weighted by atomic mass is 35.5. The Labute approximate surface area is 116 Å². The van der Waals surface area contributed by atoms with Crippen molar-refractivity contribution in [2.45, 2.75) is 18.7 Å². The first-order valence-electron chi connectivity index (χ1n) is 5.46. The van der Waals surface area contributed by atoms with Crippen molar-refractivity contribution >= 4 is 27.3 Å². The highest BCUT2D eigenvalue weighted by Gasteiger charge is 2.15. The molecule has 0 saturated carbocycles. The van der Waals surface area contributed by atoms with Gasteiger partial charge in [-0.15, -0.1) is 0 Å². The van der Waals surface area contributed by atoms with E-state index in [4.69, 9.17) is 11.6 Å². The normalized spacial score (nSPS) is 11.3. The van der Waals surface area contributed by atoms with Crippen LogP contribution in [0.3, 0.4) is 0 Å². The molecule has 0 radical (unpaired) electrons. The van der Waals surface area contributed by atoms with Gasteiger partial charge in [-0.25, -0.2) is 18.4 Å². The molecular formula is C12H12ClN3O2S. The molecule has 0 spiro atoms. The van der Waals surface area contributed by atoms with Crippen LogP contribution in [0.1, 0.15) is 11.1 Å². The first kappa shape index (κ1) is 13.8. The molecule has 5 nitrogen and oxygen atoms in total. The molecule has 7 heteroatoms. The van der Waals surface area contributed by atoms with Gasteiger partial charge >= 0.3 is 0 Å². The van der Waals surface area contributed by atoms with E-state index in [1.165, 1.54) is 12.4 Å². The predicted octanol–water partition coefficient (Wildman–Crippen LogP) is 2.55. The quantitative estimate of drug-likeness (QED) is 0.884. The third-order valence-electron chi connectivity index (χ3n) is 2.67. The second-order valence-corrected chi connectivity index (χ2v) is 6.11. The lowest BCUT2D eigenvalue weighted by molar-refractivity contribution is 0.600. The Morgan fingerprint density at radius 2 is 1.74 bits per heavy atom. The molecule has 1 heterocycles. The second-order valence-electron chi connectivity index (χ2n) is 4.09. The predicted molar refractivity (Wildman–Crippen MR) is 73.8 cm³/mol. The molecule has 1 aromatic carbocycles. The molecule has 100 valence electrons. The van der Waals surface area contributed by atoms with Crippen molar-refractivity contribution in [1.82, 2.24) is 9.97 Å². The summed E-state index contributed by atoms with van der Waals surface area (Å²) in [6.07, 6.45) is 2.33. The Bertz CT molecular complexity index is 699. The lowest BCUT2D eigenvalue weighted by atomic mass is 10.1. The summed E-state index contributed by atoms with van der Waals surface area (Å²) in [5.41, 5.74) is 2.60. The number of rotatable bonds is 3. The van der Waals surface area contributed by atoms with Gasteiger partial charge in [0.25, 0.3) is 10.0 Å². The van der Waals surface area contributed by atoms with E-state index in [2.05, 4.69) is 14.7 Å². The SMILES string of the molecule is Cc1ccc(NS(=O)(=O)c2cnc(Cl)nc2)cc1C. The Balaban J connectivity index is 2.30. The van der Waals surface area contributed by atoms with Gasteiger partial charge in [-0.3, -0.25) is 4.72 Å². The number of nitrogens with zero attached hydrogens (tertiary/aromatic N) is 2. The van der Waals surface area contributed by atoms with Crippen LogP contribution in [0.4, 0.5) is 5.69 Å². The average molecular weight is 298 g/mol. The van der Waals surface area contributed by atoms with E-state index in [0.29, 0.717) is 5.69 Å². The van der Waals surface area contributed by atoms with E-state index >= 15 is 0 Å². The number of aryl methyl sites for hydroxylation is 2. The smallest absolute Gasteiger partial charge is 0.264 e. The van der Waals surface area contributed by atoms with Crippen LogP contribution in [0.15, 0.2) is 35.5 Å². The number of anilines is 1. The van der Waals surface area contributed by atoms with E-state index in [1.54, 1.807) is 12.1 Å². The van der Waals surface area contributed by atoms with Gasteiger partial charge in [-0.1, -0.05) is 6.07 Å². The Morgan fingerprint density at radius 3 is 2.32 bits per heavy atom. The minimum absolute atomic E-state index is 0.00475. The number of hydrogen-bond donors (Lipinski definition) is 1. The van der Waals surface area contributed by atoms with Crippen molar-refractivity contribution in [2.75, 3.05) is 4.72 Å². The van der Waals surface area contributed by atoms with Crippen LogP contribution < -0.4 is 4.72 Å². The number of sulfonamides is 1. The molecule has 1 N–H and O–H groups in total. The van der Waals surface area contributed by atoms with E-state index in [1.807, 2.05) is 19.9 Å². The highest BCUT2D eigenvalue weighted by molar-refractivity contribution is 7.92. The van der Waals surface area contributed by atoms with Crippen LogP contribution in [-0.4, -0.2) is 18.4 Å². The number of benzene rings is 1. The molecule has 0 atom stereocenters. The Kier molecular flexibility index (Phi) is 3.73. The number of nitrogens with one attached hydrogen (secondary N) is 1. The zero-order valence-electron chi connectivity index (χ0n) is 10.4. The van der Waals surface area contributed by atoms with Gasteiger partial charge in [0.1, 0.15) is 4.90 Å². The highest BCUT2D eigenvalue weighted by Crippen LogP contribution is 2.18. The Morgan fingerprint density at radius 1 is 1.11 bits per heavy atom. The lowest BCUT2D eigenvalue weighted by Gasteiger charge is -2.09.